The van der Waals surface area contributed by atoms with Gasteiger partial charge in [0.15, 0.2) is 0 Å². The van der Waals surface area contributed by atoms with Gasteiger partial charge < -0.3 is 18.9 Å². The number of rotatable bonds is 16. The summed E-state index contributed by atoms with van der Waals surface area (Å²) < 4.78 is 21.3. The molecule has 0 amide bonds. The summed E-state index contributed by atoms with van der Waals surface area (Å²) in [4.78, 5) is 22.1. The molecule has 0 atom stereocenters. The molecule has 212 valence electrons. The largest absolute Gasteiger partial charge is 0.493 e. The lowest BCUT2D eigenvalue weighted by molar-refractivity contribution is -0.138. The molecule has 6 nitrogen and oxygen atoms in total. The van der Waals surface area contributed by atoms with Crippen molar-refractivity contribution in [1.29, 1.82) is 0 Å². The second-order valence-electron chi connectivity index (χ2n) is 9.07. The minimum atomic E-state index is -0.420. The molecule has 0 heterocycles. The van der Waals surface area contributed by atoms with E-state index < -0.39 is 11.9 Å². The van der Waals surface area contributed by atoms with Gasteiger partial charge in [-0.25, -0.2) is 9.59 Å². The van der Waals surface area contributed by atoms with E-state index in [1.54, 1.807) is 0 Å². The first-order valence-corrected chi connectivity index (χ1v) is 13.5. The molecule has 0 saturated carbocycles. The first-order valence-electron chi connectivity index (χ1n) is 13.5. The van der Waals surface area contributed by atoms with Crippen LogP contribution in [-0.2, 0) is 19.1 Å². The molecule has 0 N–H and O–H groups in total. The molecule has 6 heteroatoms. The van der Waals surface area contributed by atoms with Gasteiger partial charge in [0.25, 0.3) is 0 Å². The second kappa shape index (κ2) is 17.0. The third-order valence-electron chi connectivity index (χ3n) is 5.91. The summed E-state index contributed by atoms with van der Waals surface area (Å²) in [6.07, 6.45) is 11.9. The van der Waals surface area contributed by atoms with Crippen LogP contribution < -0.4 is 9.47 Å². The highest BCUT2D eigenvalue weighted by molar-refractivity contribution is 5.81. The van der Waals surface area contributed by atoms with Crippen molar-refractivity contribution in [2.45, 2.75) is 19.8 Å². The minimum Gasteiger partial charge on any atom is -0.493 e. The van der Waals surface area contributed by atoms with Crippen molar-refractivity contribution in [2.75, 3.05) is 26.4 Å². The minimum absolute atomic E-state index is 0.308. The van der Waals surface area contributed by atoms with E-state index in [1.807, 2.05) is 48.5 Å². The number of carbonyl (C=O) groups excluding carboxylic acids is 2. The van der Waals surface area contributed by atoms with Crippen LogP contribution in [0.3, 0.4) is 0 Å². The smallest absolute Gasteiger partial charge is 0.330 e. The van der Waals surface area contributed by atoms with Crippen LogP contribution in [0.15, 0.2) is 92.0 Å². The predicted octanol–water partition coefficient (Wildman–Crippen LogP) is 7.33. The lowest BCUT2D eigenvalue weighted by atomic mass is 10.0. The van der Waals surface area contributed by atoms with E-state index in [-0.39, 0.29) is 0 Å². The molecule has 0 bridgehead atoms. The van der Waals surface area contributed by atoms with Crippen LogP contribution in [0.4, 0.5) is 0 Å². The van der Waals surface area contributed by atoms with Gasteiger partial charge in [-0.3, -0.25) is 0 Å². The number of esters is 2. The van der Waals surface area contributed by atoms with Crippen LogP contribution in [0.5, 0.6) is 11.5 Å². The van der Waals surface area contributed by atoms with Crippen LogP contribution in [-0.4, -0.2) is 38.4 Å². The average molecular weight is 553 g/mol. The molecule has 0 saturated heterocycles. The van der Waals surface area contributed by atoms with Gasteiger partial charge in [-0.2, -0.15) is 0 Å². The molecule has 3 aromatic rings. The molecule has 0 aromatic heterocycles. The molecule has 41 heavy (non-hydrogen) atoms. The van der Waals surface area contributed by atoms with Crippen molar-refractivity contribution in [3.63, 3.8) is 0 Å². The van der Waals surface area contributed by atoms with Gasteiger partial charge in [-0.1, -0.05) is 79.9 Å². The first-order chi connectivity index (χ1) is 20.0. The quantitative estimate of drug-likeness (QED) is 0.0802. The zero-order valence-corrected chi connectivity index (χ0v) is 23.4. The molecule has 0 radical (unpaired) electrons. The molecule has 3 aromatic carbocycles. The molecule has 3 rings (SSSR count). The normalized spacial score (nSPS) is 10.9. The zero-order chi connectivity index (χ0) is 29.3. The lowest BCUT2D eigenvalue weighted by Gasteiger charge is -2.07. The number of carbonyl (C=O) groups is 2. The number of aryl methyl sites for hydroxylation is 1. The summed E-state index contributed by atoms with van der Waals surface area (Å²) in [5.74, 6) is 0.706. The molecular weight excluding hydrogens is 516 g/mol. The maximum absolute atomic E-state index is 11.0. The number of hydrogen-bond acceptors (Lipinski definition) is 6. The Bertz CT molecular complexity index is 1350. The summed E-state index contributed by atoms with van der Waals surface area (Å²) in [7, 11) is 0. The Morgan fingerprint density at radius 2 is 1.05 bits per heavy atom. The van der Waals surface area contributed by atoms with Gasteiger partial charge in [0, 0.05) is 25.0 Å². The second-order valence-corrected chi connectivity index (χ2v) is 9.07. The predicted molar refractivity (Wildman–Crippen MR) is 164 cm³/mol. The monoisotopic (exact) mass is 552 g/mol. The topological polar surface area (TPSA) is 71.1 Å². The molecular formula is C35H36O6. The summed E-state index contributed by atoms with van der Waals surface area (Å²) in [5.41, 5.74) is 5.60. The molecule has 0 aliphatic rings. The maximum atomic E-state index is 11.0. The lowest BCUT2D eigenvalue weighted by Crippen LogP contribution is -2.06. The molecule has 0 spiro atoms. The highest BCUT2D eigenvalue weighted by atomic mass is 16.5. The standard InChI is InChI=1S/C35H36O6/c1-4-34(36)40-24-6-22-38-32-18-12-28(13-19-32)8-9-30-11-17-31(27(3)26-30)16-10-29-14-20-33(21-15-29)39-23-7-25-41-35(37)5-2/h4-5,8-21,26H,1-2,6-7,22-25H2,3H3/b9-8+,16-10+. The number of hydrogen-bond donors (Lipinski definition) is 0. The van der Waals surface area contributed by atoms with E-state index in [1.165, 1.54) is 5.56 Å². The fourth-order valence-electron chi connectivity index (χ4n) is 3.68. The van der Waals surface area contributed by atoms with Gasteiger partial charge in [0.1, 0.15) is 11.5 Å². The van der Waals surface area contributed by atoms with Gasteiger partial charge in [-0.15, -0.1) is 0 Å². The van der Waals surface area contributed by atoms with Crippen LogP contribution >= 0.6 is 0 Å². The Kier molecular flexibility index (Phi) is 12.7. The Morgan fingerprint density at radius 1 is 0.610 bits per heavy atom. The summed E-state index contributed by atoms with van der Waals surface area (Å²) >= 11 is 0. The molecule has 0 fully saturated rings. The van der Waals surface area contributed by atoms with Gasteiger partial charge >= 0.3 is 11.9 Å². The molecule has 0 aliphatic carbocycles. The Balaban J connectivity index is 1.44. The fraction of sp³-hybridized carbons (Fsp3) is 0.200. The maximum Gasteiger partial charge on any atom is 0.330 e. The van der Waals surface area contributed by atoms with Crippen LogP contribution in [0, 0.1) is 6.92 Å². The van der Waals surface area contributed by atoms with Crippen molar-refractivity contribution in [2.24, 2.45) is 0 Å². The Morgan fingerprint density at radius 3 is 1.51 bits per heavy atom. The van der Waals surface area contributed by atoms with E-state index in [2.05, 4.69) is 62.6 Å². The number of ether oxygens (including phenoxy) is 4. The SMILES string of the molecule is C=CC(=O)OCCCOc1ccc(/C=C/c2ccc(/C=C/c3ccc(OCCCOC(=O)C=C)cc3)c(C)c2)cc1. The van der Waals surface area contributed by atoms with E-state index in [9.17, 15) is 9.59 Å². The first kappa shape index (κ1) is 30.7. The van der Waals surface area contributed by atoms with Crippen LogP contribution in [0.2, 0.25) is 0 Å². The van der Waals surface area contributed by atoms with Crippen molar-refractivity contribution in [3.8, 4) is 11.5 Å². The summed E-state index contributed by atoms with van der Waals surface area (Å²) in [5, 5.41) is 0. The van der Waals surface area contributed by atoms with Gasteiger partial charge in [0.2, 0.25) is 0 Å². The molecule has 0 aliphatic heterocycles. The molecule has 0 unspecified atom stereocenters. The van der Waals surface area contributed by atoms with Crippen molar-refractivity contribution in [3.05, 3.63) is 120 Å². The third kappa shape index (κ3) is 11.4. The van der Waals surface area contributed by atoms with Gasteiger partial charge in [-0.05, 0) is 59.0 Å². The van der Waals surface area contributed by atoms with Crippen molar-refractivity contribution in [1.82, 2.24) is 0 Å². The summed E-state index contributed by atoms with van der Waals surface area (Å²) in [6.45, 7) is 10.4. The Hall–Kier alpha value is -4.84. The highest BCUT2D eigenvalue weighted by Crippen LogP contribution is 2.19. The summed E-state index contributed by atoms with van der Waals surface area (Å²) in [6, 6.07) is 22.1. The average Bonchev–Trinajstić information content (AvgIpc) is 3.00. The van der Waals surface area contributed by atoms with Gasteiger partial charge in [0.05, 0.1) is 26.4 Å². The zero-order valence-electron chi connectivity index (χ0n) is 23.4. The van der Waals surface area contributed by atoms with E-state index in [0.29, 0.717) is 39.3 Å². The van der Waals surface area contributed by atoms with E-state index in [0.717, 1.165) is 45.9 Å². The number of benzene rings is 3. The highest BCUT2D eigenvalue weighted by Gasteiger charge is 2.00. The van der Waals surface area contributed by atoms with Crippen molar-refractivity contribution >= 4 is 36.2 Å². The van der Waals surface area contributed by atoms with Crippen LogP contribution in [0.1, 0.15) is 40.7 Å². The fourth-order valence-corrected chi connectivity index (χ4v) is 3.68. The van der Waals surface area contributed by atoms with Crippen LogP contribution in [0.25, 0.3) is 24.3 Å². The third-order valence-corrected chi connectivity index (χ3v) is 5.91. The van der Waals surface area contributed by atoms with Crippen molar-refractivity contribution < 1.29 is 28.5 Å². The van der Waals surface area contributed by atoms with E-state index in [4.69, 9.17) is 18.9 Å². The Labute approximate surface area is 242 Å². The van der Waals surface area contributed by atoms with E-state index >= 15 is 0 Å².